The number of allylic oxidation sites excluding steroid dienone is 1. The van der Waals surface area contributed by atoms with Crippen LogP contribution in [-0.4, -0.2) is 23.5 Å². The Bertz CT molecular complexity index is 862. The maximum absolute atomic E-state index is 13.5. The zero-order chi connectivity index (χ0) is 19.4. The summed E-state index contributed by atoms with van der Waals surface area (Å²) in [4.78, 5) is 22.3. The minimum atomic E-state index is -2.29. The molecule has 0 aliphatic heterocycles. The minimum absolute atomic E-state index is 0.0211. The highest BCUT2D eigenvalue weighted by Crippen LogP contribution is 2.24. The molecule has 0 aromatic heterocycles. The first-order valence-corrected chi connectivity index (χ1v) is 6.91. The van der Waals surface area contributed by atoms with Crippen LogP contribution >= 0.6 is 0 Å². The number of rotatable bonds is 6. The number of benzene rings is 2. The predicted molar refractivity (Wildman–Crippen MR) is 79.2 cm³/mol. The second-order valence-corrected chi connectivity index (χ2v) is 4.89. The van der Waals surface area contributed by atoms with Crippen LogP contribution in [0.1, 0.15) is 15.9 Å². The molecular weight excluding hydrogens is 363 g/mol. The van der Waals surface area contributed by atoms with Gasteiger partial charge in [0.2, 0.25) is 5.82 Å². The van der Waals surface area contributed by atoms with Crippen molar-refractivity contribution >= 4 is 17.8 Å². The third-order valence-corrected chi connectivity index (χ3v) is 3.15. The predicted octanol–water partition coefficient (Wildman–Crippen LogP) is 3.74. The first-order chi connectivity index (χ1) is 12.2. The van der Waals surface area contributed by atoms with Crippen LogP contribution in [0.25, 0.3) is 6.08 Å². The average Bonchev–Trinajstić information content (AvgIpc) is 2.63. The highest BCUT2D eigenvalue weighted by atomic mass is 19.2. The Labute approximate surface area is 143 Å². The molecule has 26 heavy (non-hydrogen) atoms. The van der Waals surface area contributed by atoms with E-state index in [4.69, 9.17) is 9.84 Å². The molecule has 136 valence electrons. The first-order valence-electron chi connectivity index (χ1n) is 6.91. The van der Waals surface area contributed by atoms with Gasteiger partial charge in [0.05, 0.1) is 5.56 Å². The maximum Gasteiger partial charge on any atom is 0.341 e. The highest BCUT2D eigenvalue weighted by molar-refractivity contribution is 6.06. The molecule has 1 N–H and O–H groups in total. The number of carbonyl (C=O) groups is 2. The number of carboxylic acids is 1. The van der Waals surface area contributed by atoms with Crippen LogP contribution in [0.15, 0.2) is 30.3 Å². The third kappa shape index (κ3) is 4.05. The number of ketones is 1. The molecule has 2 aromatic carbocycles. The number of ether oxygens (including phenoxy) is 1. The fourth-order valence-corrected chi connectivity index (χ4v) is 1.88. The average molecular weight is 372 g/mol. The first kappa shape index (κ1) is 19.1. The molecular formula is C17H9F5O4. The van der Waals surface area contributed by atoms with Crippen LogP contribution in [0.2, 0.25) is 0 Å². The van der Waals surface area contributed by atoms with E-state index in [1.807, 2.05) is 0 Å². The van der Waals surface area contributed by atoms with Crippen molar-refractivity contribution in [2.24, 2.45) is 0 Å². The second-order valence-electron chi connectivity index (χ2n) is 4.89. The molecule has 0 bridgehead atoms. The zero-order valence-electron chi connectivity index (χ0n) is 12.7. The lowest BCUT2D eigenvalue weighted by atomic mass is 10.1. The number of hydrogen-bond donors (Lipinski definition) is 1. The Morgan fingerprint density at radius 3 is 1.88 bits per heavy atom. The molecule has 0 spiro atoms. The summed E-state index contributed by atoms with van der Waals surface area (Å²) in [6, 6.07) is 5.04. The fourth-order valence-electron chi connectivity index (χ4n) is 1.88. The molecule has 0 saturated heterocycles. The van der Waals surface area contributed by atoms with Crippen LogP contribution < -0.4 is 4.74 Å². The van der Waals surface area contributed by atoms with Crippen molar-refractivity contribution in [2.45, 2.75) is 0 Å². The number of hydrogen-bond acceptors (Lipinski definition) is 3. The van der Waals surface area contributed by atoms with Gasteiger partial charge in [-0.1, -0.05) is 0 Å². The van der Waals surface area contributed by atoms with Gasteiger partial charge in [-0.15, -0.1) is 0 Å². The van der Waals surface area contributed by atoms with Gasteiger partial charge in [-0.2, -0.15) is 0 Å². The van der Waals surface area contributed by atoms with Crippen LogP contribution in [0.3, 0.4) is 0 Å². The standard InChI is InChI=1S/C17H9F5O4/c18-13-10(14(19)16(21)17(22)15(13)20)5-6-11(23)8-1-3-9(4-2-8)26-7-12(24)25/h1-6H,7H2,(H,24,25)/b6-5+. The summed E-state index contributed by atoms with van der Waals surface area (Å²) >= 11 is 0. The van der Waals surface area contributed by atoms with Crippen molar-refractivity contribution in [1.29, 1.82) is 0 Å². The number of aliphatic carboxylic acids is 1. The quantitative estimate of drug-likeness (QED) is 0.276. The lowest BCUT2D eigenvalue weighted by Gasteiger charge is -2.05. The van der Waals surface area contributed by atoms with E-state index < -0.39 is 53.0 Å². The molecule has 2 aromatic rings. The Morgan fingerprint density at radius 1 is 0.885 bits per heavy atom. The smallest absolute Gasteiger partial charge is 0.341 e. The van der Waals surface area contributed by atoms with E-state index in [1.54, 1.807) is 0 Å². The molecule has 0 heterocycles. The van der Waals surface area contributed by atoms with Gasteiger partial charge in [-0.25, -0.2) is 26.7 Å². The van der Waals surface area contributed by atoms with E-state index in [-0.39, 0.29) is 11.3 Å². The largest absolute Gasteiger partial charge is 0.482 e. The van der Waals surface area contributed by atoms with E-state index in [0.717, 1.165) is 0 Å². The van der Waals surface area contributed by atoms with Crippen LogP contribution in [0, 0.1) is 29.1 Å². The summed E-state index contributed by atoms with van der Waals surface area (Å²) in [5, 5.41) is 8.47. The molecule has 0 unspecified atom stereocenters. The Morgan fingerprint density at radius 2 is 1.38 bits per heavy atom. The van der Waals surface area contributed by atoms with E-state index >= 15 is 0 Å². The van der Waals surface area contributed by atoms with Crippen molar-refractivity contribution in [1.82, 2.24) is 0 Å². The van der Waals surface area contributed by atoms with Gasteiger partial charge in [-0.3, -0.25) is 4.79 Å². The minimum Gasteiger partial charge on any atom is -0.482 e. The Hall–Kier alpha value is -3.23. The summed E-state index contributed by atoms with van der Waals surface area (Å²) in [5.41, 5.74) is -1.22. The Kier molecular flexibility index (Phi) is 5.71. The molecule has 0 atom stereocenters. The van der Waals surface area contributed by atoms with Gasteiger partial charge in [0.1, 0.15) is 5.75 Å². The molecule has 9 heteroatoms. The van der Waals surface area contributed by atoms with Gasteiger partial charge in [0.15, 0.2) is 35.7 Å². The van der Waals surface area contributed by atoms with Crippen molar-refractivity contribution in [3.63, 3.8) is 0 Å². The summed E-state index contributed by atoms with van der Waals surface area (Å²) < 4.78 is 71.0. The molecule has 0 radical (unpaired) electrons. The van der Waals surface area contributed by atoms with Crippen LogP contribution in [0.4, 0.5) is 22.0 Å². The molecule has 2 rings (SSSR count). The molecule has 4 nitrogen and oxygen atoms in total. The Balaban J connectivity index is 2.21. The highest BCUT2D eigenvalue weighted by Gasteiger charge is 2.24. The monoisotopic (exact) mass is 372 g/mol. The molecule has 0 fully saturated rings. The number of halogens is 5. The lowest BCUT2D eigenvalue weighted by Crippen LogP contribution is -2.09. The molecule has 0 amide bonds. The van der Waals surface area contributed by atoms with Gasteiger partial charge in [0, 0.05) is 5.56 Å². The van der Waals surface area contributed by atoms with Gasteiger partial charge in [-0.05, 0) is 36.4 Å². The van der Waals surface area contributed by atoms with E-state index in [2.05, 4.69) is 0 Å². The maximum atomic E-state index is 13.5. The molecule has 0 saturated carbocycles. The van der Waals surface area contributed by atoms with Crippen LogP contribution in [0.5, 0.6) is 5.75 Å². The van der Waals surface area contributed by atoms with Crippen molar-refractivity contribution in [3.8, 4) is 5.75 Å². The van der Waals surface area contributed by atoms with E-state index in [1.165, 1.54) is 24.3 Å². The summed E-state index contributed by atoms with van der Waals surface area (Å²) in [6.07, 6.45) is 1.12. The lowest BCUT2D eigenvalue weighted by molar-refractivity contribution is -0.139. The van der Waals surface area contributed by atoms with E-state index in [0.29, 0.717) is 12.2 Å². The second kappa shape index (κ2) is 7.77. The molecule has 0 aliphatic carbocycles. The van der Waals surface area contributed by atoms with Gasteiger partial charge < -0.3 is 9.84 Å². The van der Waals surface area contributed by atoms with Crippen molar-refractivity contribution in [3.05, 3.63) is 70.6 Å². The van der Waals surface area contributed by atoms with Gasteiger partial charge >= 0.3 is 5.97 Å². The zero-order valence-corrected chi connectivity index (χ0v) is 12.7. The number of carbonyl (C=O) groups excluding carboxylic acids is 1. The van der Waals surface area contributed by atoms with Crippen molar-refractivity contribution < 1.29 is 41.4 Å². The summed E-state index contributed by atoms with van der Waals surface area (Å²) in [7, 11) is 0. The SMILES string of the molecule is O=C(O)COc1ccc(C(=O)/C=C/c2c(F)c(F)c(F)c(F)c2F)cc1. The summed E-state index contributed by atoms with van der Waals surface area (Å²) in [6.45, 7) is -0.590. The summed E-state index contributed by atoms with van der Waals surface area (Å²) in [5.74, 6) is -12.4. The topological polar surface area (TPSA) is 63.6 Å². The normalized spacial score (nSPS) is 11.0. The van der Waals surface area contributed by atoms with Crippen LogP contribution in [-0.2, 0) is 4.79 Å². The molecule has 0 aliphatic rings. The van der Waals surface area contributed by atoms with E-state index in [9.17, 15) is 31.5 Å². The van der Waals surface area contributed by atoms with Crippen molar-refractivity contribution in [2.75, 3.05) is 6.61 Å². The van der Waals surface area contributed by atoms with Gasteiger partial charge in [0.25, 0.3) is 0 Å². The number of carboxylic acid groups (broad SMARTS) is 1. The fraction of sp³-hybridized carbons (Fsp3) is 0.0588. The third-order valence-electron chi connectivity index (χ3n) is 3.15.